The maximum atomic E-state index is 12.3. The van der Waals surface area contributed by atoms with Crippen molar-refractivity contribution in [2.24, 2.45) is 0 Å². The summed E-state index contributed by atoms with van der Waals surface area (Å²) >= 11 is 11.9. The summed E-state index contributed by atoms with van der Waals surface area (Å²) in [6.07, 6.45) is 6.90. The van der Waals surface area contributed by atoms with E-state index in [1.165, 1.54) is 0 Å². The van der Waals surface area contributed by atoms with Crippen molar-refractivity contribution in [3.63, 3.8) is 0 Å². The number of rotatable bonds is 4. The molecule has 0 radical (unpaired) electrons. The monoisotopic (exact) mass is 330 g/mol. The molecule has 0 unspecified atom stereocenters. The van der Waals surface area contributed by atoms with Crippen LogP contribution in [0, 0.1) is 0 Å². The highest BCUT2D eigenvalue weighted by Crippen LogP contribution is 2.23. The molecule has 5 heteroatoms. The second kappa shape index (κ2) is 6.34. The van der Waals surface area contributed by atoms with E-state index in [-0.39, 0.29) is 5.78 Å². The fourth-order valence-electron chi connectivity index (χ4n) is 2.19. The first-order valence-corrected chi connectivity index (χ1v) is 7.43. The van der Waals surface area contributed by atoms with Gasteiger partial charge in [0.15, 0.2) is 5.78 Å². The van der Waals surface area contributed by atoms with Gasteiger partial charge in [-0.2, -0.15) is 0 Å². The topological polar surface area (TPSA) is 34.9 Å². The van der Waals surface area contributed by atoms with Gasteiger partial charge in [-0.05, 0) is 35.9 Å². The minimum Gasteiger partial charge on any atom is -0.349 e. The van der Waals surface area contributed by atoms with Gasteiger partial charge in [0, 0.05) is 42.5 Å². The van der Waals surface area contributed by atoms with Gasteiger partial charge in [0.05, 0.1) is 10.0 Å². The van der Waals surface area contributed by atoms with Crippen LogP contribution in [0.5, 0.6) is 0 Å². The first-order valence-electron chi connectivity index (χ1n) is 6.68. The number of aromatic nitrogens is 2. The Kier molecular flexibility index (Phi) is 4.27. The molecule has 0 aliphatic rings. The van der Waals surface area contributed by atoms with Crippen LogP contribution in [0.2, 0.25) is 10.0 Å². The van der Waals surface area contributed by atoms with Crippen LogP contribution in [0.25, 0.3) is 0 Å². The Balaban J connectivity index is 1.79. The molecule has 2 aromatic heterocycles. The van der Waals surface area contributed by atoms with Crippen molar-refractivity contribution in [2.75, 3.05) is 0 Å². The van der Waals surface area contributed by atoms with Crippen molar-refractivity contribution in [2.45, 2.75) is 6.54 Å². The van der Waals surface area contributed by atoms with Gasteiger partial charge in [-0.1, -0.05) is 29.3 Å². The van der Waals surface area contributed by atoms with Crippen molar-refractivity contribution in [3.8, 4) is 0 Å². The predicted molar refractivity (Wildman–Crippen MR) is 87.7 cm³/mol. The lowest BCUT2D eigenvalue weighted by Crippen LogP contribution is -2.01. The van der Waals surface area contributed by atoms with E-state index in [1.54, 1.807) is 36.7 Å². The molecule has 3 aromatic rings. The second-order valence-electron chi connectivity index (χ2n) is 4.89. The van der Waals surface area contributed by atoms with Crippen LogP contribution < -0.4 is 0 Å². The molecular weight excluding hydrogens is 319 g/mol. The van der Waals surface area contributed by atoms with E-state index >= 15 is 0 Å². The molecule has 0 spiro atoms. The van der Waals surface area contributed by atoms with Gasteiger partial charge in [-0.3, -0.25) is 9.78 Å². The van der Waals surface area contributed by atoms with Crippen molar-refractivity contribution in [1.29, 1.82) is 0 Å². The fourth-order valence-corrected chi connectivity index (χ4v) is 2.51. The van der Waals surface area contributed by atoms with E-state index in [9.17, 15) is 4.79 Å². The molecule has 1 aromatic carbocycles. The zero-order valence-electron chi connectivity index (χ0n) is 11.5. The second-order valence-corrected chi connectivity index (χ2v) is 5.71. The summed E-state index contributed by atoms with van der Waals surface area (Å²) in [5.74, 6) is -0.0408. The molecule has 110 valence electrons. The average molecular weight is 331 g/mol. The molecule has 0 aliphatic carbocycles. The van der Waals surface area contributed by atoms with E-state index in [2.05, 4.69) is 4.98 Å². The van der Waals surface area contributed by atoms with Crippen LogP contribution in [0.3, 0.4) is 0 Å². The lowest BCUT2D eigenvalue weighted by molar-refractivity contribution is 0.103. The number of halogens is 2. The highest BCUT2D eigenvalue weighted by atomic mass is 35.5. The van der Waals surface area contributed by atoms with Gasteiger partial charge in [-0.25, -0.2) is 0 Å². The molecule has 3 nitrogen and oxygen atoms in total. The summed E-state index contributed by atoms with van der Waals surface area (Å²) in [4.78, 5) is 16.3. The van der Waals surface area contributed by atoms with Crippen LogP contribution in [0.4, 0.5) is 0 Å². The highest BCUT2D eigenvalue weighted by molar-refractivity contribution is 6.42. The summed E-state index contributed by atoms with van der Waals surface area (Å²) in [5.41, 5.74) is 2.23. The molecule has 22 heavy (non-hydrogen) atoms. The Hall–Kier alpha value is -2.10. The maximum Gasteiger partial charge on any atom is 0.196 e. The minimum atomic E-state index is -0.0408. The molecule has 0 bridgehead atoms. The molecule has 0 saturated carbocycles. The predicted octanol–water partition coefficient (Wildman–Crippen LogP) is 4.47. The Bertz CT molecular complexity index is 813. The molecule has 0 saturated heterocycles. The van der Waals surface area contributed by atoms with E-state index in [0.29, 0.717) is 27.7 Å². The van der Waals surface area contributed by atoms with Crippen molar-refractivity contribution >= 4 is 29.0 Å². The summed E-state index contributed by atoms with van der Waals surface area (Å²) < 4.78 is 1.93. The molecule has 0 atom stereocenters. The van der Waals surface area contributed by atoms with E-state index in [0.717, 1.165) is 5.56 Å². The van der Waals surface area contributed by atoms with Crippen LogP contribution in [0.1, 0.15) is 21.5 Å². The van der Waals surface area contributed by atoms with Crippen LogP contribution >= 0.6 is 23.2 Å². The molecule has 0 aliphatic heterocycles. The van der Waals surface area contributed by atoms with Crippen LogP contribution in [-0.4, -0.2) is 15.3 Å². The first kappa shape index (κ1) is 14.8. The number of benzene rings is 1. The highest BCUT2D eigenvalue weighted by Gasteiger charge is 2.10. The largest absolute Gasteiger partial charge is 0.349 e. The molecular formula is C17H12Cl2N2O. The van der Waals surface area contributed by atoms with Gasteiger partial charge in [0.1, 0.15) is 0 Å². The Morgan fingerprint density at radius 2 is 1.95 bits per heavy atom. The van der Waals surface area contributed by atoms with Crippen molar-refractivity contribution in [1.82, 2.24) is 9.55 Å². The van der Waals surface area contributed by atoms with Crippen molar-refractivity contribution in [3.05, 3.63) is 87.9 Å². The molecule has 2 heterocycles. The number of ketones is 1. The number of carbonyl (C=O) groups is 1. The van der Waals surface area contributed by atoms with Gasteiger partial charge >= 0.3 is 0 Å². The lowest BCUT2D eigenvalue weighted by atomic mass is 10.1. The summed E-state index contributed by atoms with van der Waals surface area (Å²) in [6, 6.07) is 10.8. The van der Waals surface area contributed by atoms with Crippen LogP contribution in [0.15, 0.2) is 61.2 Å². The molecule has 3 rings (SSSR count). The van der Waals surface area contributed by atoms with Gasteiger partial charge in [0.2, 0.25) is 0 Å². The molecule has 0 amide bonds. The number of hydrogen-bond donors (Lipinski definition) is 0. The third-order valence-electron chi connectivity index (χ3n) is 3.29. The smallest absolute Gasteiger partial charge is 0.196 e. The number of hydrogen-bond acceptors (Lipinski definition) is 2. The minimum absolute atomic E-state index is 0.0408. The molecule has 0 N–H and O–H groups in total. The molecule has 0 fully saturated rings. The number of carbonyl (C=O) groups excluding carboxylic acids is 1. The Morgan fingerprint density at radius 1 is 1.09 bits per heavy atom. The standard InChI is InChI=1S/C17H12Cl2N2O/c18-15-4-3-12(8-16(15)19)10-21-7-5-14(11-21)17(22)13-2-1-6-20-9-13/h1-9,11H,10H2. The Labute approximate surface area is 138 Å². The quantitative estimate of drug-likeness (QED) is 0.661. The third-order valence-corrected chi connectivity index (χ3v) is 4.02. The summed E-state index contributed by atoms with van der Waals surface area (Å²) in [6.45, 7) is 0.622. The first-order chi connectivity index (χ1) is 10.6. The lowest BCUT2D eigenvalue weighted by Gasteiger charge is -2.04. The third kappa shape index (κ3) is 3.21. The zero-order valence-corrected chi connectivity index (χ0v) is 13.1. The van der Waals surface area contributed by atoms with Gasteiger partial charge in [-0.15, -0.1) is 0 Å². The van der Waals surface area contributed by atoms with E-state index in [1.807, 2.05) is 29.1 Å². The SMILES string of the molecule is O=C(c1cccnc1)c1ccn(Cc2ccc(Cl)c(Cl)c2)c1. The van der Waals surface area contributed by atoms with Crippen molar-refractivity contribution < 1.29 is 4.79 Å². The summed E-state index contributed by atoms with van der Waals surface area (Å²) in [5, 5.41) is 1.06. The number of pyridine rings is 1. The number of nitrogens with zero attached hydrogens (tertiary/aromatic N) is 2. The maximum absolute atomic E-state index is 12.3. The fraction of sp³-hybridized carbons (Fsp3) is 0.0588. The van der Waals surface area contributed by atoms with E-state index in [4.69, 9.17) is 23.2 Å². The average Bonchev–Trinajstić information content (AvgIpc) is 2.99. The van der Waals surface area contributed by atoms with Gasteiger partial charge in [0.25, 0.3) is 0 Å². The van der Waals surface area contributed by atoms with E-state index < -0.39 is 0 Å². The zero-order chi connectivity index (χ0) is 15.5. The normalized spacial score (nSPS) is 10.6. The van der Waals surface area contributed by atoms with Crippen LogP contribution in [-0.2, 0) is 6.54 Å². The van der Waals surface area contributed by atoms with Gasteiger partial charge < -0.3 is 4.57 Å². The Morgan fingerprint density at radius 3 is 2.68 bits per heavy atom. The summed E-state index contributed by atoms with van der Waals surface area (Å²) in [7, 11) is 0.